The lowest BCUT2D eigenvalue weighted by atomic mass is 10.2. The first-order chi connectivity index (χ1) is 5.88. The lowest BCUT2D eigenvalue weighted by Crippen LogP contribution is -2.07. The third-order valence-corrected chi connectivity index (χ3v) is 3.61. The number of hydrogen-bond donors (Lipinski definition) is 1. The van der Waals surface area contributed by atoms with Crippen molar-refractivity contribution in [2.24, 2.45) is 5.73 Å². The minimum atomic E-state index is 0.0741. The zero-order valence-corrected chi connectivity index (χ0v) is 8.07. The van der Waals surface area contributed by atoms with Crippen molar-refractivity contribution in [1.29, 1.82) is 0 Å². The van der Waals surface area contributed by atoms with E-state index in [1.165, 1.54) is 9.75 Å². The highest BCUT2D eigenvalue weighted by molar-refractivity contribution is 7.11. The summed E-state index contributed by atoms with van der Waals surface area (Å²) in [5, 5.41) is 4.12. The van der Waals surface area contributed by atoms with E-state index in [0.29, 0.717) is 0 Å². The van der Waals surface area contributed by atoms with Crippen LogP contribution in [0, 0.1) is 0 Å². The van der Waals surface area contributed by atoms with E-state index in [1.807, 2.05) is 12.1 Å². The van der Waals surface area contributed by atoms with Gasteiger partial charge in [0.2, 0.25) is 0 Å². The van der Waals surface area contributed by atoms with Crippen LogP contribution in [-0.4, -0.2) is 0 Å². The van der Waals surface area contributed by atoms with Gasteiger partial charge in [0, 0.05) is 9.75 Å². The van der Waals surface area contributed by atoms with Crippen molar-refractivity contribution in [1.82, 2.24) is 0 Å². The van der Waals surface area contributed by atoms with Crippen molar-refractivity contribution in [3.05, 3.63) is 44.8 Å². The summed E-state index contributed by atoms with van der Waals surface area (Å²) in [7, 11) is 0. The molecule has 2 N–H and O–H groups in total. The van der Waals surface area contributed by atoms with Crippen LogP contribution in [0.1, 0.15) is 15.8 Å². The Balaban J connectivity index is 2.27. The molecule has 2 aromatic rings. The highest BCUT2D eigenvalue weighted by Gasteiger charge is 2.09. The summed E-state index contributed by atoms with van der Waals surface area (Å²) in [5.41, 5.74) is 6.03. The molecule has 0 aliphatic heterocycles. The Hall–Kier alpha value is -0.640. The van der Waals surface area contributed by atoms with Gasteiger partial charge in [0.25, 0.3) is 0 Å². The molecular weight excluding hydrogens is 186 g/mol. The molecule has 12 heavy (non-hydrogen) atoms. The normalized spacial score (nSPS) is 10.8. The second kappa shape index (κ2) is 3.39. The van der Waals surface area contributed by atoms with E-state index in [1.54, 1.807) is 22.7 Å². The van der Waals surface area contributed by atoms with Crippen molar-refractivity contribution < 1.29 is 0 Å². The molecule has 1 nitrogen and oxygen atoms in total. The molecule has 0 spiro atoms. The fourth-order valence-electron chi connectivity index (χ4n) is 1.08. The van der Waals surface area contributed by atoms with Crippen LogP contribution in [-0.2, 0) is 0 Å². The van der Waals surface area contributed by atoms with E-state index in [-0.39, 0.29) is 6.04 Å². The molecule has 2 aromatic heterocycles. The van der Waals surface area contributed by atoms with Crippen molar-refractivity contribution in [2.75, 3.05) is 0 Å². The third kappa shape index (κ3) is 1.43. The zero-order chi connectivity index (χ0) is 8.39. The Morgan fingerprint density at radius 3 is 1.83 bits per heavy atom. The first-order valence-corrected chi connectivity index (χ1v) is 5.46. The van der Waals surface area contributed by atoms with Gasteiger partial charge in [-0.3, -0.25) is 0 Å². The molecule has 3 heteroatoms. The highest BCUT2D eigenvalue weighted by Crippen LogP contribution is 2.26. The van der Waals surface area contributed by atoms with Gasteiger partial charge in [-0.1, -0.05) is 12.1 Å². The molecule has 0 atom stereocenters. The second-order valence-corrected chi connectivity index (χ2v) is 4.47. The molecule has 0 radical (unpaired) electrons. The van der Waals surface area contributed by atoms with Gasteiger partial charge in [-0.05, 0) is 22.9 Å². The van der Waals surface area contributed by atoms with Crippen LogP contribution in [0.25, 0.3) is 0 Å². The largest absolute Gasteiger partial charge is 0.319 e. The summed E-state index contributed by atoms with van der Waals surface area (Å²) in [6.45, 7) is 0. The van der Waals surface area contributed by atoms with Gasteiger partial charge >= 0.3 is 0 Å². The molecule has 0 aliphatic carbocycles. The van der Waals surface area contributed by atoms with E-state index < -0.39 is 0 Å². The molecule has 0 amide bonds. The van der Waals surface area contributed by atoms with Crippen molar-refractivity contribution >= 4 is 22.7 Å². The maximum atomic E-state index is 6.03. The van der Waals surface area contributed by atoms with Gasteiger partial charge in [0.15, 0.2) is 0 Å². The van der Waals surface area contributed by atoms with Crippen LogP contribution < -0.4 is 5.73 Å². The quantitative estimate of drug-likeness (QED) is 0.783. The SMILES string of the molecule is NC(c1cccs1)c1cccs1. The summed E-state index contributed by atoms with van der Waals surface area (Å²) >= 11 is 3.42. The summed E-state index contributed by atoms with van der Waals surface area (Å²) in [6.07, 6.45) is 0. The Kier molecular flexibility index (Phi) is 2.26. The number of hydrogen-bond acceptors (Lipinski definition) is 3. The average molecular weight is 195 g/mol. The topological polar surface area (TPSA) is 26.0 Å². The number of nitrogens with two attached hydrogens (primary N) is 1. The molecule has 0 aliphatic rings. The molecule has 0 saturated heterocycles. The predicted molar refractivity (Wildman–Crippen MR) is 54.7 cm³/mol. The fourth-order valence-corrected chi connectivity index (χ4v) is 2.64. The minimum Gasteiger partial charge on any atom is -0.319 e. The van der Waals surface area contributed by atoms with Crippen molar-refractivity contribution in [2.45, 2.75) is 6.04 Å². The lowest BCUT2D eigenvalue weighted by Gasteiger charge is -2.05. The van der Waals surface area contributed by atoms with Gasteiger partial charge < -0.3 is 5.73 Å². The first kappa shape index (κ1) is 7.98. The Morgan fingerprint density at radius 2 is 1.50 bits per heavy atom. The number of thiophene rings is 2. The van der Waals surface area contributed by atoms with Gasteiger partial charge in [0.1, 0.15) is 0 Å². The molecule has 0 saturated carbocycles. The van der Waals surface area contributed by atoms with Gasteiger partial charge in [0.05, 0.1) is 6.04 Å². The summed E-state index contributed by atoms with van der Waals surface area (Å²) in [4.78, 5) is 2.47. The van der Waals surface area contributed by atoms with Crippen molar-refractivity contribution in [3.8, 4) is 0 Å². The van der Waals surface area contributed by atoms with Gasteiger partial charge in [-0.15, -0.1) is 22.7 Å². The maximum absolute atomic E-state index is 6.03. The van der Waals surface area contributed by atoms with Crippen molar-refractivity contribution in [3.63, 3.8) is 0 Å². The maximum Gasteiger partial charge on any atom is 0.0739 e. The fraction of sp³-hybridized carbons (Fsp3) is 0.111. The molecule has 62 valence electrons. The van der Waals surface area contributed by atoms with Crippen LogP contribution in [0.5, 0.6) is 0 Å². The molecule has 0 fully saturated rings. The second-order valence-electron chi connectivity index (χ2n) is 2.51. The van der Waals surface area contributed by atoms with Gasteiger partial charge in [-0.2, -0.15) is 0 Å². The van der Waals surface area contributed by atoms with Crippen LogP contribution in [0.15, 0.2) is 35.0 Å². The van der Waals surface area contributed by atoms with E-state index >= 15 is 0 Å². The first-order valence-electron chi connectivity index (χ1n) is 3.70. The van der Waals surface area contributed by atoms with Crippen LogP contribution in [0.4, 0.5) is 0 Å². The Morgan fingerprint density at radius 1 is 1.00 bits per heavy atom. The third-order valence-electron chi connectivity index (χ3n) is 1.70. The zero-order valence-electron chi connectivity index (χ0n) is 6.44. The van der Waals surface area contributed by atoms with E-state index in [9.17, 15) is 0 Å². The molecule has 2 heterocycles. The standard InChI is InChI=1S/C9H9NS2/c10-9(7-3-1-5-11-7)8-4-2-6-12-8/h1-6,9H,10H2. The Bertz CT molecular complexity index is 289. The summed E-state index contributed by atoms with van der Waals surface area (Å²) < 4.78 is 0. The number of rotatable bonds is 2. The van der Waals surface area contributed by atoms with E-state index in [2.05, 4.69) is 22.9 Å². The molecule has 2 rings (SSSR count). The van der Waals surface area contributed by atoms with Crippen LogP contribution in [0.3, 0.4) is 0 Å². The molecule has 0 aromatic carbocycles. The minimum absolute atomic E-state index is 0.0741. The van der Waals surface area contributed by atoms with E-state index in [0.717, 1.165) is 0 Å². The summed E-state index contributed by atoms with van der Waals surface area (Å²) in [5.74, 6) is 0. The summed E-state index contributed by atoms with van der Waals surface area (Å²) in [6, 6.07) is 8.30. The highest BCUT2D eigenvalue weighted by atomic mass is 32.1. The molecule has 0 unspecified atom stereocenters. The molecule has 0 bridgehead atoms. The predicted octanol–water partition coefficient (Wildman–Crippen LogP) is 2.86. The van der Waals surface area contributed by atoms with Crippen LogP contribution in [0.2, 0.25) is 0 Å². The molecular formula is C9H9NS2. The smallest absolute Gasteiger partial charge is 0.0739 e. The average Bonchev–Trinajstić information content (AvgIpc) is 2.77. The lowest BCUT2D eigenvalue weighted by molar-refractivity contribution is 0.917. The Labute approximate surface area is 79.5 Å². The monoisotopic (exact) mass is 195 g/mol. The van der Waals surface area contributed by atoms with Crippen LogP contribution >= 0.6 is 22.7 Å². The van der Waals surface area contributed by atoms with Gasteiger partial charge in [-0.25, -0.2) is 0 Å². The van der Waals surface area contributed by atoms with E-state index in [4.69, 9.17) is 5.73 Å².